The van der Waals surface area contributed by atoms with E-state index in [0.29, 0.717) is 12.1 Å². The van der Waals surface area contributed by atoms with Crippen LogP contribution in [-0.4, -0.2) is 41.5 Å². The fraction of sp³-hybridized carbons (Fsp3) is 0.333. The zero-order valence-electron chi connectivity index (χ0n) is 16.6. The molecule has 2 aromatic carbocycles. The highest BCUT2D eigenvalue weighted by Gasteiger charge is 2.38. The Labute approximate surface area is 172 Å². The van der Waals surface area contributed by atoms with Crippen LogP contribution in [0.5, 0.6) is 0 Å². The number of rotatable bonds is 4. The molecule has 2 aliphatic heterocycles. The van der Waals surface area contributed by atoms with E-state index in [1.54, 1.807) is 6.07 Å². The first-order chi connectivity index (χ1) is 14.2. The van der Waals surface area contributed by atoms with Crippen molar-refractivity contribution in [1.29, 1.82) is 5.26 Å². The van der Waals surface area contributed by atoms with Crippen molar-refractivity contribution in [2.75, 3.05) is 19.6 Å². The summed E-state index contributed by atoms with van der Waals surface area (Å²) in [5.41, 5.74) is 3.86. The summed E-state index contributed by atoms with van der Waals surface area (Å²) in [7, 11) is 0. The first-order valence-corrected chi connectivity index (χ1v) is 10.2. The third kappa shape index (κ3) is 4.18. The lowest BCUT2D eigenvalue weighted by Gasteiger charge is -2.45. The lowest BCUT2D eigenvalue weighted by atomic mass is 9.91. The number of benzene rings is 2. The quantitative estimate of drug-likeness (QED) is 0.812. The molecule has 5 nitrogen and oxygen atoms in total. The molecule has 2 aromatic rings. The molecular weight excluding hydrogens is 360 g/mol. The van der Waals surface area contributed by atoms with Crippen LogP contribution in [0.3, 0.4) is 0 Å². The van der Waals surface area contributed by atoms with Crippen molar-refractivity contribution in [3.63, 3.8) is 0 Å². The van der Waals surface area contributed by atoms with Crippen LogP contribution < -0.4 is 5.32 Å². The Hall–Kier alpha value is -3.10. The van der Waals surface area contributed by atoms with E-state index in [-0.39, 0.29) is 18.1 Å². The van der Waals surface area contributed by atoms with Gasteiger partial charge in [-0.05, 0) is 41.7 Å². The number of carbonyl (C=O) groups is 1. The summed E-state index contributed by atoms with van der Waals surface area (Å²) in [6.45, 7) is 7.57. The molecular formula is C24H26N4O. The monoisotopic (exact) mass is 386 g/mol. The second-order valence-corrected chi connectivity index (χ2v) is 7.86. The Morgan fingerprint density at radius 1 is 1.10 bits per heavy atom. The van der Waals surface area contributed by atoms with Crippen LogP contribution in [0.2, 0.25) is 0 Å². The summed E-state index contributed by atoms with van der Waals surface area (Å²) in [5.74, 6) is 0. The molecule has 148 valence electrons. The van der Waals surface area contributed by atoms with E-state index in [4.69, 9.17) is 0 Å². The Kier molecular flexibility index (Phi) is 5.64. The molecule has 4 rings (SSSR count). The zero-order valence-corrected chi connectivity index (χ0v) is 16.6. The van der Waals surface area contributed by atoms with Gasteiger partial charge < -0.3 is 10.2 Å². The number of likely N-dealkylation sites (tertiary alicyclic amines) is 1. The van der Waals surface area contributed by atoms with Crippen molar-refractivity contribution in [2.45, 2.75) is 31.5 Å². The van der Waals surface area contributed by atoms with Gasteiger partial charge in [0.05, 0.1) is 17.7 Å². The Morgan fingerprint density at radius 2 is 1.86 bits per heavy atom. The molecule has 1 N–H and O–H groups in total. The number of amides is 2. The molecule has 0 radical (unpaired) electrons. The van der Waals surface area contributed by atoms with Crippen molar-refractivity contribution in [3.05, 3.63) is 83.4 Å². The van der Waals surface area contributed by atoms with Gasteiger partial charge in [-0.1, -0.05) is 49.0 Å². The molecule has 2 heterocycles. The molecule has 2 aliphatic rings. The van der Waals surface area contributed by atoms with Crippen LogP contribution in [0.25, 0.3) is 0 Å². The molecule has 0 saturated carbocycles. The molecule has 0 spiro atoms. The minimum absolute atomic E-state index is 0.0359. The summed E-state index contributed by atoms with van der Waals surface area (Å²) < 4.78 is 0. The predicted octanol–water partition coefficient (Wildman–Crippen LogP) is 3.85. The van der Waals surface area contributed by atoms with Gasteiger partial charge in [-0.25, -0.2) is 4.79 Å². The van der Waals surface area contributed by atoms with Crippen molar-refractivity contribution < 1.29 is 4.79 Å². The number of hydrogen-bond acceptors (Lipinski definition) is 3. The van der Waals surface area contributed by atoms with Gasteiger partial charge in [0.2, 0.25) is 0 Å². The van der Waals surface area contributed by atoms with Gasteiger partial charge in [0.15, 0.2) is 0 Å². The van der Waals surface area contributed by atoms with E-state index in [9.17, 15) is 10.1 Å². The highest BCUT2D eigenvalue weighted by Crippen LogP contribution is 2.35. The summed E-state index contributed by atoms with van der Waals surface area (Å²) in [6, 6.07) is 20.2. The summed E-state index contributed by atoms with van der Waals surface area (Å²) in [4.78, 5) is 17.3. The number of nitrogens with one attached hydrogen (secondary N) is 1. The third-order valence-electron chi connectivity index (χ3n) is 5.90. The predicted molar refractivity (Wildman–Crippen MR) is 113 cm³/mol. The Balaban J connectivity index is 1.50. The van der Waals surface area contributed by atoms with E-state index in [2.05, 4.69) is 47.1 Å². The first kappa shape index (κ1) is 19.2. The van der Waals surface area contributed by atoms with Crippen LogP contribution in [0, 0.1) is 11.3 Å². The van der Waals surface area contributed by atoms with Gasteiger partial charge in [0.1, 0.15) is 0 Å². The van der Waals surface area contributed by atoms with Gasteiger partial charge >= 0.3 is 6.03 Å². The van der Waals surface area contributed by atoms with E-state index in [1.165, 1.54) is 5.56 Å². The Bertz CT molecular complexity index is 925. The molecule has 0 aliphatic carbocycles. The molecule has 29 heavy (non-hydrogen) atoms. The minimum atomic E-state index is -0.178. The topological polar surface area (TPSA) is 59.4 Å². The van der Waals surface area contributed by atoms with Crippen molar-refractivity contribution >= 4 is 6.03 Å². The molecule has 1 unspecified atom stereocenters. The number of hydrogen-bond donors (Lipinski definition) is 1. The van der Waals surface area contributed by atoms with Gasteiger partial charge in [-0.3, -0.25) is 4.90 Å². The summed E-state index contributed by atoms with van der Waals surface area (Å²) in [5, 5.41) is 12.2. The summed E-state index contributed by atoms with van der Waals surface area (Å²) >= 11 is 0. The van der Waals surface area contributed by atoms with Crippen LogP contribution >= 0.6 is 0 Å². The fourth-order valence-corrected chi connectivity index (χ4v) is 4.44. The average Bonchev–Trinajstić information content (AvgIpc) is 2.76. The summed E-state index contributed by atoms with van der Waals surface area (Å²) in [6.07, 6.45) is 1.87. The highest BCUT2D eigenvalue weighted by atomic mass is 16.2. The molecule has 0 aromatic heterocycles. The SMILES string of the molecule is C=C1CNC(=O)N(C2CCN(Cc3ccccc3)CC2)C1c1cccc(C#N)c1. The zero-order chi connectivity index (χ0) is 20.2. The standard InChI is InChI=1S/C24H26N4O/c1-18-16-26-24(29)28(23(18)21-9-5-8-20(14-21)15-25)22-10-12-27(13-11-22)17-19-6-3-2-4-7-19/h2-9,14,22-23H,1,10-13,16-17H2,(H,26,29). The maximum atomic E-state index is 12.8. The lowest BCUT2D eigenvalue weighted by molar-refractivity contribution is 0.0933. The molecule has 2 fully saturated rings. The van der Waals surface area contributed by atoms with Crippen molar-refractivity contribution in [2.24, 2.45) is 0 Å². The van der Waals surface area contributed by atoms with Gasteiger partial charge in [-0.2, -0.15) is 5.26 Å². The number of urea groups is 1. The second kappa shape index (κ2) is 8.50. The smallest absolute Gasteiger partial charge is 0.318 e. The fourth-order valence-electron chi connectivity index (χ4n) is 4.44. The first-order valence-electron chi connectivity index (χ1n) is 10.2. The largest absolute Gasteiger partial charge is 0.334 e. The molecule has 0 bridgehead atoms. The number of carbonyl (C=O) groups excluding carboxylic acids is 1. The normalized spacial score (nSPS) is 20.9. The van der Waals surface area contributed by atoms with E-state index >= 15 is 0 Å². The molecule has 5 heteroatoms. The van der Waals surface area contributed by atoms with Gasteiger partial charge in [0, 0.05) is 32.2 Å². The Morgan fingerprint density at radius 3 is 2.59 bits per heavy atom. The maximum Gasteiger partial charge on any atom is 0.318 e. The minimum Gasteiger partial charge on any atom is -0.334 e. The molecule has 2 saturated heterocycles. The van der Waals surface area contributed by atoms with Gasteiger partial charge in [-0.15, -0.1) is 0 Å². The second-order valence-electron chi connectivity index (χ2n) is 7.86. The molecule has 2 amide bonds. The highest BCUT2D eigenvalue weighted by molar-refractivity contribution is 5.77. The van der Waals surface area contributed by atoms with Crippen molar-refractivity contribution in [3.8, 4) is 6.07 Å². The molecule has 1 atom stereocenters. The van der Waals surface area contributed by atoms with Crippen molar-refractivity contribution in [1.82, 2.24) is 15.1 Å². The third-order valence-corrected chi connectivity index (χ3v) is 5.90. The van der Waals surface area contributed by atoms with Crippen LogP contribution in [0.1, 0.15) is 35.6 Å². The van der Waals surface area contributed by atoms with E-state index in [0.717, 1.165) is 43.6 Å². The number of nitrogens with zero attached hydrogens (tertiary/aromatic N) is 3. The maximum absolute atomic E-state index is 12.8. The van der Waals surface area contributed by atoms with Crippen LogP contribution in [0.4, 0.5) is 4.79 Å². The number of piperidine rings is 1. The van der Waals surface area contributed by atoms with Crippen LogP contribution in [0.15, 0.2) is 66.7 Å². The number of nitriles is 1. The lowest BCUT2D eigenvalue weighted by Crippen LogP contribution is -2.56. The average molecular weight is 386 g/mol. The van der Waals surface area contributed by atoms with E-state index in [1.807, 2.05) is 29.2 Å². The van der Waals surface area contributed by atoms with E-state index < -0.39 is 0 Å². The van der Waals surface area contributed by atoms with Crippen LogP contribution in [-0.2, 0) is 6.54 Å². The van der Waals surface area contributed by atoms with Gasteiger partial charge in [0.25, 0.3) is 0 Å².